The molecule has 2 rings (SSSR count). The van der Waals surface area contributed by atoms with Crippen LogP contribution in [0.4, 0.5) is 10.5 Å². The second-order valence-corrected chi connectivity index (χ2v) is 6.14. The van der Waals surface area contributed by atoms with E-state index in [1.807, 2.05) is 54.6 Å². The van der Waals surface area contributed by atoms with Crippen molar-refractivity contribution in [3.05, 3.63) is 70.3 Å². The van der Waals surface area contributed by atoms with Crippen molar-refractivity contribution < 1.29 is 4.79 Å². The lowest BCUT2D eigenvalue weighted by Crippen LogP contribution is -2.24. The van der Waals surface area contributed by atoms with Gasteiger partial charge in [-0.05, 0) is 41.3 Å². The summed E-state index contributed by atoms with van der Waals surface area (Å²) in [5.41, 5.74) is 2.97. The van der Waals surface area contributed by atoms with E-state index in [1.165, 1.54) is 0 Å². The number of benzene rings is 2. The summed E-state index contributed by atoms with van der Waals surface area (Å²) < 4.78 is 1.00. The third-order valence-corrected chi connectivity index (χ3v) is 3.66. The predicted molar refractivity (Wildman–Crippen MR) is 95.9 cm³/mol. The van der Waals surface area contributed by atoms with Gasteiger partial charge in [0.1, 0.15) is 0 Å². The first kappa shape index (κ1) is 16.3. The summed E-state index contributed by atoms with van der Waals surface area (Å²) in [5.74, 6) is 0.355. The number of anilines is 1. The number of urea groups is 1. The molecule has 114 valence electrons. The Morgan fingerprint density at radius 2 is 1.91 bits per heavy atom. The molecule has 0 unspecified atom stereocenters. The Balaban J connectivity index is 1.96. The Hall–Kier alpha value is -2.07. The Kier molecular flexibility index (Phi) is 5.78. The molecule has 22 heavy (non-hydrogen) atoms. The third-order valence-electron chi connectivity index (χ3n) is 3.17. The monoisotopic (exact) mass is 358 g/mol. The molecule has 2 amide bonds. The molecule has 0 aliphatic rings. The van der Waals surface area contributed by atoms with Crippen molar-refractivity contribution in [3.8, 4) is 0 Å². The van der Waals surface area contributed by atoms with Crippen molar-refractivity contribution in [2.45, 2.75) is 19.8 Å². The van der Waals surface area contributed by atoms with Crippen molar-refractivity contribution in [2.75, 3.05) is 5.32 Å². The lowest BCUT2D eigenvalue weighted by Gasteiger charge is -2.13. The van der Waals surface area contributed by atoms with Gasteiger partial charge in [0.25, 0.3) is 0 Å². The molecule has 4 heteroatoms. The van der Waals surface area contributed by atoms with Crippen molar-refractivity contribution in [3.63, 3.8) is 0 Å². The van der Waals surface area contributed by atoms with Gasteiger partial charge in [-0.3, -0.25) is 0 Å². The number of amides is 2. The van der Waals surface area contributed by atoms with Gasteiger partial charge in [0.2, 0.25) is 0 Å². The van der Waals surface area contributed by atoms with E-state index in [-0.39, 0.29) is 6.03 Å². The van der Waals surface area contributed by atoms with Gasteiger partial charge < -0.3 is 10.6 Å². The highest BCUT2D eigenvalue weighted by molar-refractivity contribution is 9.10. The molecule has 3 nitrogen and oxygen atoms in total. The standard InChI is InChI=1S/C18H19BrN2O/c1-13(2)16-8-3-4-9-17(16)21-18(22)20-11-10-14-6-5-7-15(19)12-14/h3-13H,1-2H3,(H2,20,21,22)/b11-10+. The van der Waals surface area contributed by atoms with Crippen LogP contribution in [0.15, 0.2) is 59.2 Å². The molecule has 0 spiro atoms. The Labute approximate surface area is 139 Å². The summed E-state index contributed by atoms with van der Waals surface area (Å²) in [6, 6.07) is 15.4. The summed E-state index contributed by atoms with van der Waals surface area (Å²) in [5, 5.41) is 5.60. The highest BCUT2D eigenvalue weighted by Gasteiger charge is 2.07. The fourth-order valence-corrected chi connectivity index (χ4v) is 2.51. The van der Waals surface area contributed by atoms with Crippen LogP contribution in [-0.4, -0.2) is 6.03 Å². The first-order chi connectivity index (χ1) is 10.6. The van der Waals surface area contributed by atoms with Crippen molar-refractivity contribution in [1.29, 1.82) is 0 Å². The highest BCUT2D eigenvalue weighted by atomic mass is 79.9. The summed E-state index contributed by atoms with van der Waals surface area (Å²) in [7, 11) is 0. The maximum atomic E-state index is 12.0. The summed E-state index contributed by atoms with van der Waals surface area (Å²) in [4.78, 5) is 12.0. The molecule has 2 N–H and O–H groups in total. The van der Waals surface area contributed by atoms with E-state index in [9.17, 15) is 4.79 Å². The minimum atomic E-state index is -0.251. The Bertz CT molecular complexity index is 680. The molecule has 0 atom stereocenters. The van der Waals surface area contributed by atoms with Crippen LogP contribution in [0.1, 0.15) is 30.9 Å². The molecule has 0 fully saturated rings. The molecule has 2 aromatic rings. The van der Waals surface area contributed by atoms with Gasteiger partial charge in [-0.2, -0.15) is 0 Å². The van der Waals surface area contributed by atoms with Crippen molar-refractivity contribution in [1.82, 2.24) is 5.32 Å². The van der Waals surface area contributed by atoms with E-state index >= 15 is 0 Å². The first-order valence-corrected chi connectivity index (χ1v) is 7.94. The van der Waals surface area contributed by atoms with Gasteiger partial charge >= 0.3 is 6.03 Å². The number of carbonyl (C=O) groups excluding carboxylic acids is 1. The maximum absolute atomic E-state index is 12.0. The van der Waals surface area contributed by atoms with Crippen molar-refractivity contribution >= 4 is 33.7 Å². The van der Waals surface area contributed by atoms with Crippen LogP contribution < -0.4 is 10.6 Å². The maximum Gasteiger partial charge on any atom is 0.323 e. The molecule has 0 saturated carbocycles. The number of halogens is 1. The zero-order valence-electron chi connectivity index (χ0n) is 12.6. The van der Waals surface area contributed by atoms with Crippen LogP contribution in [0.3, 0.4) is 0 Å². The Morgan fingerprint density at radius 3 is 2.64 bits per heavy atom. The second kappa shape index (κ2) is 7.80. The number of hydrogen-bond acceptors (Lipinski definition) is 1. The smallest absolute Gasteiger partial charge is 0.314 e. The molecule has 0 aliphatic heterocycles. The van der Waals surface area contributed by atoms with Crippen LogP contribution in [0.5, 0.6) is 0 Å². The molecule has 0 aromatic heterocycles. The van der Waals surface area contributed by atoms with Gasteiger partial charge in [0.15, 0.2) is 0 Å². The lowest BCUT2D eigenvalue weighted by molar-refractivity contribution is 0.255. The van der Waals surface area contributed by atoms with Crippen LogP contribution in [0, 0.1) is 0 Å². The van der Waals surface area contributed by atoms with Gasteiger partial charge in [-0.15, -0.1) is 0 Å². The van der Waals surface area contributed by atoms with Gasteiger partial charge in [-0.25, -0.2) is 4.79 Å². The minimum Gasteiger partial charge on any atom is -0.314 e. The summed E-state index contributed by atoms with van der Waals surface area (Å²) in [6.07, 6.45) is 3.48. The first-order valence-electron chi connectivity index (χ1n) is 7.15. The molecule has 0 aliphatic carbocycles. The summed E-state index contributed by atoms with van der Waals surface area (Å²) in [6.45, 7) is 4.21. The van der Waals surface area contributed by atoms with E-state index in [4.69, 9.17) is 0 Å². The lowest BCUT2D eigenvalue weighted by atomic mass is 10.0. The second-order valence-electron chi connectivity index (χ2n) is 5.23. The normalized spacial score (nSPS) is 10.9. The highest BCUT2D eigenvalue weighted by Crippen LogP contribution is 2.23. The molecule has 0 saturated heterocycles. The van der Waals surface area contributed by atoms with Crippen LogP contribution in [0.2, 0.25) is 0 Å². The van der Waals surface area contributed by atoms with Gasteiger partial charge in [0, 0.05) is 16.4 Å². The van der Waals surface area contributed by atoms with Gasteiger partial charge in [0.05, 0.1) is 0 Å². The van der Waals surface area contributed by atoms with E-state index in [0.717, 1.165) is 21.3 Å². The molecule has 2 aromatic carbocycles. The molecule has 0 heterocycles. The summed E-state index contributed by atoms with van der Waals surface area (Å²) >= 11 is 3.42. The zero-order chi connectivity index (χ0) is 15.9. The topological polar surface area (TPSA) is 41.1 Å². The average molecular weight is 359 g/mol. The van der Waals surface area contributed by atoms with Crippen LogP contribution in [0.25, 0.3) is 6.08 Å². The minimum absolute atomic E-state index is 0.251. The molecule has 0 radical (unpaired) electrons. The van der Waals surface area contributed by atoms with E-state index < -0.39 is 0 Å². The van der Waals surface area contributed by atoms with Crippen molar-refractivity contribution in [2.24, 2.45) is 0 Å². The van der Waals surface area contributed by atoms with E-state index in [0.29, 0.717) is 5.92 Å². The number of nitrogens with one attached hydrogen (secondary N) is 2. The molecule has 0 bridgehead atoms. The predicted octanol–water partition coefficient (Wildman–Crippen LogP) is 5.36. The molecular weight excluding hydrogens is 340 g/mol. The van der Waals surface area contributed by atoms with Crippen LogP contribution in [-0.2, 0) is 0 Å². The fourth-order valence-electron chi connectivity index (χ4n) is 2.10. The largest absolute Gasteiger partial charge is 0.323 e. The SMILES string of the molecule is CC(C)c1ccccc1NC(=O)N/C=C/c1cccc(Br)c1. The van der Waals surface area contributed by atoms with E-state index in [1.54, 1.807) is 6.20 Å². The number of carbonyl (C=O) groups is 1. The zero-order valence-corrected chi connectivity index (χ0v) is 14.2. The molecular formula is C18H19BrN2O. The average Bonchev–Trinajstić information content (AvgIpc) is 2.47. The number of para-hydroxylation sites is 1. The third kappa shape index (κ3) is 4.74. The number of hydrogen-bond donors (Lipinski definition) is 2. The van der Waals surface area contributed by atoms with E-state index in [2.05, 4.69) is 40.4 Å². The van der Waals surface area contributed by atoms with Crippen LogP contribution >= 0.6 is 15.9 Å². The fraction of sp³-hybridized carbons (Fsp3) is 0.167. The Morgan fingerprint density at radius 1 is 1.14 bits per heavy atom. The quantitative estimate of drug-likeness (QED) is 0.758. The number of rotatable bonds is 4. The van der Waals surface area contributed by atoms with Gasteiger partial charge in [-0.1, -0.05) is 60.1 Å².